The van der Waals surface area contributed by atoms with E-state index in [-0.39, 0.29) is 6.04 Å². The van der Waals surface area contributed by atoms with Crippen molar-refractivity contribution < 1.29 is 0 Å². The molecule has 0 radical (unpaired) electrons. The zero-order valence-corrected chi connectivity index (χ0v) is 13.0. The summed E-state index contributed by atoms with van der Waals surface area (Å²) in [5.74, 6) is 5.68. The minimum Gasteiger partial charge on any atom is -0.271 e. The molecule has 0 saturated carbocycles. The summed E-state index contributed by atoms with van der Waals surface area (Å²) in [5, 5.41) is 0.713. The fraction of sp³-hybridized carbons (Fsp3) is 0.200. The molecule has 0 saturated heterocycles. The van der Waals surface area contributed by atoms with Gasteiger partial charge in [0.05, 0.1) is 6.04 Å². The third-order valence-corrected chi connectivity index (χ3v) is 3.88. The van der Waals surface area contributed by atoms with Crippen LogP contribution in [0.4, 0.5) is 0 Å². The van der Waals surface area contributed by atoms with Crippen LogP contribution in [0.3, 0.4) is 0 Å². The largest absolute Gasteiger partial charge is 0.271 e. The zero-order chi connectivity index (χ0) is 13.8. The van der Waals surface area contributed by atoms with Crippen molar-refractivity contribution in [3.05, 3.63) is 68.7 Å². The smallest absolute Gasteiger partial charge is 0.0515 e. The van der Waals surface area contributed by atoms with Gasteiger partial charge < -0.3 is 0 Å². The normalized spacial score (nSPS) is 12.4. The van der Waals surface area contributed by atoms with Crippen LogP contribution < -0.4 is 11.3 Å². The van der Waals surface area contributed by atoms with E-state index in [1.807, 2.05) is 18.2 Å². The maximum Gasteiger partial charge on any atom is 0.0515 e. The molecular weight excluding hydrogens is 324 g/mol. The highest BCUT2D eigenvalue weighted by Gasteiger charge is 2.14. The number of hydrogen-bond acceptors (Lipinski definition) is 2. The molecule has 4 heteroatoms. The van der Waals surface area contributed by atoms with Crippen LogP contribution in [-0.4, -0.2) is 0 Å². The van der Waals surface area contributed by atoms with Crippen molar-refractivity contribution >= 4 is 27.5 Å². The summed E-state index contributed by atoms with van der Waals surface area (Å²) in [7, 11) is 0. The molecule has 0 amide bonds. The van der Waals surface area contributed by atoms with Crippen LogP contribution in [0.5, 0.6) is 0 Å². The summed E-state index contributed by atoms with van der Waals surface area (Å²) in [5.41, 5.74) is 6.34. The second kappa shape index (κ2) is 6.53. The van der Waals surface area contributed by atoms with E-state index in [1.165, 1.54) is 11.1 Å². The Morgan fingerprint density at radius 2 is 2.05 bits per heavy atom. The maximum absolute atomic E-state index is 6.27. The predicted molar refractivity (Wildman–Crippen MR) is 84.1 cm³/mol. The fourth-order valence-corrected chi connectivity index (χ4v) is 2.92. The third-order valence-electron chi connectivity index (χ3n) is 3.06. The van der Waals surface area contributed by atoms with Gasteiger partial charge in [-0.3, -0.25) is 11.3 Å². The number of nitrogens with two attached hydrogens (primary N) is 1. The summed E-state index contributed by atoms with van der Waals surface area (Å²) in [6.45, 7) is 2.08. The molecule has 1 atom stereocenters. The molecule has 2 rings (SSSR count). The van der Waals surface area contributed by atoms with Crippen LogP contribution in [0.1, 0.15) is 22.7 Å². The molecule has 0 aliphatic rings. The van der Waals surface area contributed by atoms with E-state index in [9.17, 15) is 0 Å². The van der Waals surface area contributed by atoms with Crippen molar-refractivity contribution in [3.8, 4) is 0 Å². The van der Waals surface area contributed by atoms with E-state index in [2.05, 4.69) is 52.5 Å². The first-order chi connectivity index (χ1) is 9.10. The van der Waals surface area contributed by atoms with E-state index in [0.717, 1.165) is 16.5 Å². The highest BCUT2D eigenvalue weighted by atomic mass is 79.9. The van der Waals surface area contributed by atoms with E-state index in [1.54, 1.807) is 0 Å². The van der Waals surface area contributed by atoms with Gasteiger partial charge >= 0.3 is 0 Å². The van der Waals surface area contributed by atoms with Crippen LogP contribution in [0.15, 0.2) is 46.9 Å². The Morgan fingerprint density at radius 3 is 2.68 bits per heavy atom. The number of rotatable bonds is 4. The minimum atomic E-state index is 0.00222. The third kappa shape index (κ3) is 3.80. The standard InChI is InChI=1S/C15H16BrClN2/c1-10-3-2-4-11(7-10)8-15(19-18)13-6-5-12(16)9-14(13)17/h2-7,9,15,19H,8,18H2,1H3. The molecule has 0 aromatic heterocycles. The lowest BCUT2D eigenvalue weighted by atomic mass is 9.98. The lowest BCUT2D eigenvalue weighted by Crippen LogP contribution is -2.29. The Morgan fingerprint density at radius 1 is 1.26 bits per heavy atom. The molecule has 0 aliphatic carbocycles. The average Bonchev–Trinajstić information content (AvgIpc) is 2.37. The van der Waals surface area contributed by atoms with Gasteiger partial charge in [-0.1, -0.05) is 63.4 Å². The van der Waals surface area contributed by atoms with E-state index in [0.29, 0.717) is 5.02 Å². The van der Waals surface area contributed by atoms with Crippen LogP contribution >= 0.6 is 27.5 Å². The second-order valence-corrected chi connectivity index (χ2v) is 5.90. The SMILES string of the molecule is Cc1cccc(CC(NN)c2ccc(Br)cc2Cl)c1. The Hall–Kier alpha value is -0.870. The predicted octanol–water partition coefficient (Wildman–Crippen LogP) is 4.16. The van der Waals surface area contributed by atoms with E-state index in [4.69, 9.17) is 17.4 Å². The maximum atomic E-state index is 6.27. The van der Waals surface area contributed by atoms with Crippen molar-refractivity contribution in [1.82, 2.24) is 5.43 Å². The Balaban J connectivity index is 2.25. The topological polar surface area (TPSA) is 38.0 Å². The number of hydrazine groups is 1. The molecule has 0 bridgehead atoms. The summed E-state index contributed by atoms with van der Waals surface area (Å²) in [6, 6.07) is 14.3. The Labute approximate surface area is 127 Å². The number of halogens is 2. The molecule has 2 aromatic rings. The van der Waals surface area contributed by atoms with Crippen LogP contribution in [-0.2, 0) is 6.42 Å². The lowest BCUT2D eigenvalue weighted by Gasteiger charge is -2.18. The Kier molecular flexibility index (Phi) is 4.99. The number of hydrogen-bond donors (Lipinski definition) is 2. The highest BCUT2D eigenvalue weighted by molar-refractivity contribution is 9.10. The molecular formula is C15H16BrClN2. The lowest BCUT2D eigenvalue weighted by molar-refractivity contribution is 0.552. The molecule has 0 aliphatic heterocycles. The van der Waals surface area contributed by atoms with Gasteiger partial charge in [-0.25, -0.2) is 0 Å². The van der Waals surface area contributed by atoms with Gasteiger partial charge in [-0.05, 0) is 36.6 Å². The summed E-state index contributed by atoms with van der Waals surface area (Å²) < 4.78 is 0.965. The summed E-state index contributed by atoms with van der Waals surface area (Å²) in [6.07, 6.45) is 0.805. The van der Waals surface area contributed by atoms with Crippen LogP contribution in [0.25, 0.3) is 0 Å². The molecule has 0 spiro atoms. The molecule has 2 nitrogen and oxygen atoms in total. The number of benzene rings is 2. The van der Waals surface area contributed by atoms with Crippen molar-refractivity contribution in [2.24, 2.45) is 5.84 Å². The first-order valence-electron chi connectivity index (χ1n) is 6.07. The van der Waals surface area contributed by atoms with Crippen molar-refractivity contribution in [3.63, 3.8) is 0 Å². The molecule has 0 fully saturated rings. The first-order valence-corrected chi connectivity index (χ1v) is 7.24. The highest BCUT2D eigenvalue weighted by Crippen LogP contribution is 2.28. The van der Waals surface area contributed by atoms with Crippen molar-refractivity contribution in [1.29, 1.82) is 0 Å². The van der Waals surface area contributed by atoms with E-state index < -0.39 is 0 Å². The molecule has 3 N–H and O–H groups in total. The average molecular weight is 340 g/mol. The molecule has 2 aromatic carbocycles. The summed E-state index contributed by atoms with van der Waals surface area (Å²) >= 11 is 9.68. The van der Waals surface area contributed by atoms with Gasteiger partial charge in [0, 0.05) is 9.50 Å². The van der Waals surface area contributed by atoms with Gasteiger partial charge in [0.2, 0.25) is 0 Å². The van der Waals surface area contributed by atoms with Gasteiger partial charge in [-0.15, -0.1) is 0 Å². The first kappa shape index (κ1) is 14.5. The van der Waals surface area contributed by atoms with Gasteiger partial charge in [-0.2, -0.15) is 0 Å². The van der Waals surface area contributed by atoms with Gasteiger partial charge in [0.1, 0.15) is 0 Å². The fourth-order valence-electron chi connectivity index (χ4n) is 2.12. The molecule has 19 heavy (non-hydrogen) atoms. The van der Waals surface area contributed by atoms with Crippen LogP contribution in [0, 0.1) is 6.92 Å². The monoisotopic (exact) mass is 338 g/mol. The minimum absolute atomic E-state index is 0.00222. The number of nitrogens with one attached hydrogen (secondary N) is 1. The second-order valence-electron chi connectivity index (χ2n) is 4.58. The van der Waals surface area contributed by atoms with Crippen LogP contribution in [0.2, 0.25) is 5.02 Å². The van der Waals surface area contributed by atoms with Gasteiger partial charge in [0.25, 0.3) is 0 Å². The number of aryl methyl sites for hydroxylation is 1. The molecule has 1 unspecified atom stereocenters. The molecule has 0 heterocycles. The van der Waals surface area contributed by atoms with Crippen molar-refractivity contribution in [2.75, 3.05) is 0 Å². The zero-order valence-electron chi connectivity index (χ0n) is 10.7. The van der Waals surface area contributed by atoms with E-state index >= 15 is 0 Å². The molecule has 100 valence electrons. The van der Waals surface area contributed by atoms with Crippen molar-refractivity contribution in [2.45, 2.75) is 19.4 Å². The quantitative estimate of drug-likeness (QED) is 0.648. The Bertz CT molecular complexity index is 572. The van der Waals surface area contributed by atoms with Gasteiger partial charge in [0.15, 0.2) is 0 Å². The summed E-state index contributed by atoms with van der Waals surface area (Å²) in [4.78, 5) is 0.